The molecule has 4 nitrogen and oxygen atoms in total. The van der Waals surface area contributed by atoms with Gasteiger partial charge < -0.3 is 10.0 Å². The van der Waals surface area contributed by atoms with Crippen LogP contribution in [0.2, 0.25) is 0 Å². The van der Waals surface area contributed by atoms with Gasteiger partial charge >= 0.3 is 5.97 Å². The summed E-state index contributed by atoms with van der Waals surface area (Å²) < 4.78 is 0. The van der Waals surface area contributed by atoms with Gasteiger partial charge in [0.1, 0.15) is 0 Å². The molecule has 1 heterocycles. The molecule has 1 atom stereocenters. The molecule has 1 rings (SSSR count). The Morgan fingerprint density at radius 3 is 2.77 bits per heavy atom. The zero-order valence-electron chi connectivity index (χ0n) is 7.52. The largest absolute Gasteiger partial charge is 0.481 e. The van der Waals surface area contributed by atoms with E-state index in [1.165, 1.54) is 11.8 Å². The van der Waals surface area contributed by atoms with Crippen LogP contribution in [0.4, 0.5) is 0 Å². The Morgan fingerprint density at radius 1 is 1.62 bits per heavy atom. The molecule has 0 radical (unpaired) electrons. The fraction of sp³-hybridized carbons (Fsp3) is 0.750. The Labute approximate surface area is 81.3 Å². The summed E-state index contributed by atoms with van der Waals surface area (Å²) in [6.45, 7) is 0.977. The van der Waals surface area contributed by atoms with Gasteiger partial charge in [-0.15, -0.1) is 0 Å². The number of carbonyl (C=O) groups excluding carboxylic acids is 1. The van der Waals surface area contributed by atoms with Gasteiger partial charge in [-0.25, -0.2) is 0 Å². The highest BCUT2D eigenvalue weighted by Crippen LogP contribution is 2.16. The highest BCUT2D eigenvalue weighted by molar-refractivity contribution is 7.99. The van der Waals surface area contributed by atoms with E-state index in [2.05, 4.69) is 0 Å². The number of likely N-dealkylation sites (tertiary alicyclic amines) is 1. The topological polar surface area (TPSA) is 57.6 Å². The molecule has 1 amide bonds. The number of carboxylic acids is 1. The zero-order valence-corrected chi connectivity index (χ0v) is 8.34. The molecule has 1 aliphatic heterocycles. The second-order valence-electron chi connectivity index (χ2n) is 3.10. The van der Waals surface area contributed by atoms with Gasteiger partial charge in [0.05, 0.1) is 11.7 Å². The summed E-state index contributed by atoms with van der Waals surface area (Å²) in [7, 11) is 0. The van der Waals surface area contributed by atoms with Gasteiger partial charge in [-0.2, -0.15) is 11.8 Å². The molecular formula is C8H13NO3S. The van der Waals surface area contributed by atoms with Crippen LogP contribution in [0.1, 0.15) is 6.42 Å². The molecule has 0 saturated carbocycles. The van der Waals surface area contributed by atoms with E-state index < -0.39 is 5.97 Å². The Balaban J connectivity index is 2.40. The monoisotopic (exact) mass is 203 g/mol. The van der Waals surface area contributed by atoms with E-state index in [-0.39, 0.29) is 11.8 Å². The number of carboxylic acid groups (broad SMARTS) is 1. The Kier molecular flexibility index (Phi) is 3.59. The highest BCUT2D eigenvalue weighted by Gasteiger charge is 2.30. The normalized spacial score (nSPS) is 21.9. The SMILES string of the molecule is CSCC(=O)N1CCC(C(=O)O)C1. The molecule has 0 aromatic carbocycles. The molecule has 0 bridgehead atoms. The van der Waals surface area contributed by atoms with E-state index in [1.54, 1.807) is 4.90 Å². The van der Waals surface area contributed by atoms with Crippen LogP contribution >= 0.6 is 11.8 Å². The fourth-order valence-corrected chi connectivity index (χ4v) is 1.83. The third kappa shape index (κ3) is 2.62. The molecule has 0 spiro atoms. The molecule has 5 heteroatoms. The molecular weight excluding hydrogens is 190 g/mol. The fourth-order valence-electron chi connectivity index (χ4n) is 1.40. The molecule has 74 valence electrons. The van der Waals surface area contributed by atoms with Crippen molar-refractivity contribution in [2.24, 2.45) is 5.92 Å². The van der Waals surface area contributed by atoms with Gasteiger partial charge in [0.15, 0.2) is 0 Å². The zero-order chi connectivity index (χ0) is 9.84. The summed E-state index contributed by atoms with van der Waals surface area (Å²) in [5.41, 5.74) is 0. The minimum atomic E-state index is -0.792. The van der Waals surface area contributed by atoms with Crippen molar-refractivity contribution in [1.29, 1.82) is 0 Å². The van der Waals surface area contributed by atoms with Crippen molar-refractivity contribution >= 4 is 23.6 Å². The van der Waals surface area contributed by atoms with Crippen molar-refractivity contribution in [1.82, 2.24) is 4.90 Å². The first kappa shape index (κ1) is 10.4. The summed E-state index contributed by atoms with van der Waals surface area (Å²) >= 11 is 1.47. The molecule has 1 aliphatic rings. The highest BCUT2D eigenvalue weighted by atomic mass is 32.2. The molecule has 1 N–H and O–H groups in total. The van der Waals surface area contributed by atoms with Crippen molar-refractivity contribution < 1.29 is 14.7 Å². The van der Waals surface area contributed by atoms with Gasteiger partial charge in [0, 0.05) is 13.1 Å². The smallest absolute Gasteiger partial charge is 0.308 e. The van der Waals surface area contributed by atoms with Crippen LogP contribution in [0.25, 0.3) is 0 Å². The predicted molar refractivity (Wildman–Crippen MR) is 50.7 cm³/mol. The predicted octanol–water partition coefficient (Wildman–Crippen LogP) is 0.283. The maximum atomic E-state index is 11.3. The van der Waals surface area contributed by atoms with Crippen molar-refractivity contribution in [3.63, 3.8) is 0 Å². The van der Waals surface area contributed by atoms with E-state index in [9.17, 15) is 9.59 Å². The summed E-state index contributed by atoms with van der Waals surface area (Å²) in [5, 5.41) is 8.70. The Morgan fingerprint density at radius 2 is 2.31 bits per heavy atom. The van der Waals surface area contributed by atoms with Crippen LogP contribution in [-0.2, 0) is 9.59 Å². The lowest BCUT2D eigenvalue weighted by atomic mass is 10.1. The first-order valence-electron chi connectivity index (χ1n) is 4.14. The van der Waals surface area contributed by atoms with Crippen LogP contribution in [0.5, 0.6) is 0 Å². The molecule has 1 saturated heterocycles. The molecule has 1 unspecified atom stereocenters. The van der Waals surface area contributed by atoms with E-state index >= 15 is 0 Å². The Hall–Kier alpha value is -0.710. The summed E-state index contributed by atoms with van der Waals surface area (Å²) in [4.78, 5) is 23.5. The quantitative estimate of drug-likeness (QED) is 0.716. The lowest BCUT2D eigenvalue weighted by Crippen LogP contribution is -2.31. The third-order valence-corrected chi connectivity index (χ3v) is 2.69. The number of rotatable bonds is 3. The average molecular weight is 203 g/mol. The number of amides is 1. The Bertz CT molecular complexity index is 219. The molecule has 1 fully saturated rings. The number of hydrogen-bond donors (Lipinski definition) is 1. The van der Waals surface area contributed by atoms with Crippen LogP contribution in [0.15, 0.2) is 0 Å². The second kappa shape index (κ2) is 4.50. The van der Waals surface area contributed by atoms with E-state index in [1.807, 2.05) is 6.26 Å². The number of carbonyl (C=O) groups is 2. The van der Waals surface area contributed by atoms with E-state index in [0.717, 1.165) is 0 Å². The molecule has 0 aromatic rings. The standard InChI is InChI=1S/C8H13NO3S/c1-13-5-7(10)9-3-2-6(4-9)8(11)12/h6H,2-5H2,1H3,(H,11,12). The average Bonchev–Trinajstić information content (AvgIpc) is 2.52. The van der Waals surface area contributed by atoms with Gasteiger partial charge in [0.2, 0.25) is 5.91 Å². The lowest BCUT2D eigenvalue weighted by molar-refractivity contribution is -0.141. The van der Waals surface area contributed by atoms with Crippen molar-refractivity contribution in [2.75, 3.05) is 25.1 Å². The van der Waals surface area contributed by atoms with Gasteiger partial charge in [-0.1, -0.05) is 0 Å². The van der Waals surface area contributed by atoms with Gasteiger partial charge in [-0.3, -0.25) is 9.59 Å². The third-order valence-electron chi connectivity index (χ3n) is 2.16. The minimum Gasteiger partial charge on any atom is -0.481 e. The van der Waals surface area contributed by atoms with E-state index in [4.69, 9.17) is 5.11 Å². The maximum Gasteiger partial charge on any atom is 0.308 e. The van der Waals surface area contributed by atoms with Crippen molar-refractivity contribution in [2.45, 2.75) is 6.42 Å². The minimum absolute atomic E-state index is 0.0521. The first-order valence-corrected chi connectivity index (χ1v) is 5.54. The number of nitrogens with zero attached hydrogens (tertiary/aromatic N) is 1. The first-order chi connectivity index (χ1) is 6.15. The molecule has 13 heavy (non-hydrogen) atoms. The maximum absolute atomic E-state index is 11.3. The van der Waals surface area contributed by atoms with E-state index in [0.29, 0.717) is 25.3 Å². The van der Waals surface area contributed by atoms with Crippen LogP contribution in [0.3, 0.4) is 0 Å². The van der Waals surface area contributed by atoms with Gasteiger partial charge in [-0.05, 0) is 12.7 Å². The van der Waals surface area contributed by atoms with Crippen molar-refractivity contribution in [3.05, 3.63) is 0 Å². The number of thioether (sulfide) groups is 1. The second-order valence-corrected chi connectivity index (χ2v) is 3.96. The molecule has 0 aliphatic carbocycles. The van der Waals surface area contributed by atoms with Crippen LogP contribution in [0, 0.1) is 5.92 Å². The summed E-state index contributed by atoms with van der Waals surface area (Å²) in [5.74, 6) is -0.645. The van der Waals surface area contributed by atoms with Crippen LogP contribution in [-0.4, -0.2) is 47.0 Å². The number of aliphatic carboxylic acids is 1. The van der Waals surface area contributed by atoms with Crippen LogP contribution < -0.4 is 0 Å². The lowest BCUT2D eigenvalue weighted by Gasteiger charge is -2.14. The summed E-state index contributed by atoms with van der Waals surface area (Å²) in [6.07, 6.45) is 2.46. The number of hydrogen-bond acceptors (Lipinski definition) is 3. The molecule has 0 aromatic heterocycles. The van der Waals surface area contributed by atoms with Crippen molar-refractivity contribution in [3.8, 4) is 0 Å². The summed E-state index contributed by atoms with van der Waals surface area (Å²) in [6, 6.07) is 0. The van der Waals surface area contributed by atoms with Gasteiger partial charge in [0.25, 0.3) is 0 Å².